The van der Waals surface area contributed by atoms with Crippen LogP contribution in [0.4, 0.5) is 5.82 Å². The highest BCUT2D eigenvalue weighted by Crippen LogP contribution is 2.51. The van der Waals surface area contributed by atoms with Crippen LogP contribution in [0, 0.1) is 0 Å². The minimum Gasteiger partial charge on any atom is -0.497 e. The first-order valence-electron chi connectivity index (χ1n) is 14.4. The predicted molar refractivity (Wildman–Crippen MR) is 159 cm³/mol. The van der Waals surface area contributed by atoms with Crippen LogP contribution in [0.15, 0.2) is 60.8 Å². The maximum atomic E-state index is 6.56. The zero-order chi connectivity index (χ0) is 28.1. The lowest BCUT2D eigenvalue weighted by atomic mass is 9.93. The summed E-state index contributed by atoms with van der Waals surface area (Å²) in [7, 11) is 1.67. The third-order valence-electron chi connectivity index (χ3n) is 8.69. The standard InChI is InChI=1S/C32H36ClN5O3/c1-32(2)40-27-25(22-7-4-6-21(16-22)19-37-13-5-14-37)17-26(28(27)41-32)38-15-12-24-29(35-31(33)36-30(24)38)34-18-20-8-10-23(39-3)11-9-20/h4,6-12,15-16,25-28H,5,13-14,17-19H2,1-3H3,(H,34,35,36)/t25-,26-,27-,28+/m1/s1. The van der Waals surface area contributed by atoms with Crippen molar-refractivity contribution < 1.29 is 14.2 Å². The zero-order valence-electron chi connectivity index (χ0n) is 23.7. The fourth-order valence-corrected chi connectivity index (χ4v) is 6.77. The molecule has 2 aromatic heterocycles. The summed E-state index contributed by atoms with van der Waals surface area (Å²) < 4.78 is 20.6. The smallest absolute Gasteiger partial charge is 0.226 e. The Morgan fingerprint density at radius 2 is 1.83 bits per heavy atom. The predicted octanol–water partition coefficient (Wildman–Crippen LogP) is 6.16. The molecular formula is C32H36ClN5O3. The Kier molecular flexibility index (Phi) is 6.90. The Morgan fingerprint density at radius 3 is 2.59 bits per heavy atom. The van der Waals surface area contributed by atoms with Gasteiger partial charge in [-0.1, -0.05) is 36.4 Å². The van der Waals surface area contributed by atoms with Gasteiger partial charge in [-0.25, -0.2) is 4.98 Å². The molecule has 0 radical (unpaired) electrons. The van der Waals surface area contributed by atoms with Gasteiger partial charge >= 0.3 is 0 Å². The first kappa shape index (κ1) is 26.7. The van der Waals surface area contributed by atoms with Crippen LogP contribution >= 0.6 is 11.6 Å². The molecule has 9 heteroatoms. The van der Waals surface area contributed by atoms with Gasteiger partial charge in [-0.15, -0.1) is 0 Å². The van der Waals surface area contributed by atoms with Crippen LogP contribution in [0.1, 0.15) is 55.3 Å². The Hall–Kier alpha value is -3.17. The van der Waals surface area contributed by atoms with Crippen LogP contribution in [-0.2, 0) is 22.6 Å². The van der Waals surface area contributed by atoms with Crippen molar-refractivity contribution in [2.45, 2.75) is 69.7 Å². The number of nitrogens with one attached hydrogen (secondary N) is 1. The van der Waals surface area contributed by atoms with Crippen LogP contribution in [-0.4, -0.2) is 57.6 Å². The lowest BCUT2D eigenvalue weighted by Crippen LogP contribution is -2.36. The van der Waals surface area contributed by atoms with E-state index < -0.39 is 5.79 Å². The van der Waals surface area contributed by atoms with Crippen molar-refractivity contribution in [2.75, 3.05) is 25.5 Å². The molecule has 214 valence electrons. The van der Waals surface area contributed by atoms with Gasteiger partial charge in [0.15, 0.2) is 5.79 Å². The van der Waals surface area contributed by atoms with E-state index in [0.717, 1.165) is 35.3 Å². The van der Waals surface area contributed by atoms with E-state index in [1.165, 1.54) is 30.6 Å². The summed E-state index contributed by atoms with van der Waals surface area (Å²) in [5.74, 6) is 1.10. The van der Waals surface area contributed by atoms with E-state index >= 15 is 0 Å². The number of benzene rings is 2. The van der Waals surface area contributed by atoms with Gasteiger partial charge in [0.05, 0.1) is 24.6 Å². The number of ether oxygens (including phenoxy) is 3. The first-order chi connectivity index (χ1) is 19.9. The average Bonchev–Trinajstić information content (AvgIpc) is 3.60. The van der Waals surface area contributed by atoms with E-state index in [-0.39, 0.29) is 29.5 Å². The van der Waals surface area contributed by atoms with Crippen molar-refractivity contribution >= 4 is 28.5 Å². The van der Waals surface area contributed by atoms with Gasteiger partial charge in [-0.05, 0) is 86.3 Å². The highest BCUT2D eigenvalue weighted by Gasteiger charge is 2.55. The minimum atomic E-state index is -0.651. The van der Waals surface area contributed by atoms with Crippen molar-refractivity contribution in [1.29, 1.82) is 0 Å². The van der Waals surface area contributed by atoms with E-state index in [4.69, 9.17) is 25.8 Å². The second-order valence-corrected chi connectivity index (χ2v) is 12.2. The monoisotopic (exact) mass is 573 g/mol. The highest BCUT2D eigenvalue weighted by atomic mass is 35.5. The topological polar surface area (TPSA) is 73.7 Å². The molecule has 1 aliphatic carbocycles. The molecule has 3 aliphatic rings. The van der Waals surface area contributed by atoms with E-state index in [0.29, 0.717) is 12.4 Å². The molecular weight excluding hydrogens is 538 g/mol. The number of aromatic nitrogens is 3. The van der Waals surface area contributed by atoms with Crippen LogP contribution in [0.5, 0.6) is 5.75 Å². The molecule has 4 aromatic rings. The molecule has 0 spiro atoms. The lowest BCUT2D eigenvalue weighted by molar-refractivity contribution is -0.157. The molecule has 2 aromatic carbocycles. The Balaban J connectivity index is 1.18. The molecule has 7 rings (SSSR count). The third-order valence-corrected chi connectivity index (χ3v) is 8.86. The second-order valence-electron chi connectivity index (χ2n) is 11.9. The molecule has 4 heterocycles. The summed E-state index contributed by atoms with van der Waals surface area (Å²) >= 11 is 6.49. The van der Waals surface area contributed by atoms with Gasteiger partial charge in [0.25, 0.3) is 0 Å². The van der Waals surface area contributed by atoms with Crippen molar-refractivity contribution in [1.82, 2.24) is 19.4 Å². The second kappa shape index (κ2) is 10.6. The molecule has 1 N–H and O–H groups in total. The van der Waals surface area contributed by atoms with Crippen LogP contribution in [0.25, 0.3) is 11.0 Å². The maximum absolute atomic E-state index is 6.56. The first-order valence-corrected chi connectivity index (χ1v) is 14.8. The number of nitrogens with zero attached hydrogens (tertiary/aromatic N) is 4. The fourth-order valence-electron chi connectivity index (χ4n) is 6.61. The van der Waals surface area contributed by atoms with Gasteiger partial charge in [0, 0.05) is 25.2 Å². The number of fused-ring (bicyclic) bond motifs is 2. The number of halogens is 1. The normalized spacial score (nSPS) is 25.3. The van der Waals surface area contributed by atoms with Gasteiger partial charge in [0.2, 0.25) is 5.28 Å². The molecule has 41 heavy (non-hydrogen) atoms. The molecule has 0 amide bonds. The summed E-state index contributed by atoms with van der Waals surface area (Å²) in [5.41, 5.74) is 4.59. The number of rotatable bonds is 8. The summed E-state index contributed by atoms with van der Waals surface area (Å²) in [6.45, 7) is 8.00. The molecule has 0 unspecified atom stereocenters. The largest absolute Gasteiger partial charge is 0.497 e. The lowest BCUT2D eigenvalue weighted by Gasteiger charge is -2.31. The van der Waals surface area contributed by atoms with Crippen molar-refractivity contribution in [3.8, 4) is 5.75 Å². The third kappa shape index (κ3) is 5.18. The summed E-state index contributed by atoms with van der Waals surface area (Å²) in [6, 6.07) is 19.1. The number of hydrogen-bond acceptors (Lipinski definition) is 7. The van der Waals surface area contributed by atoms with Crippen molar-refractivity contribution in [3.63, 3.8) is 0 Å². The molecule has 2 saturated heterocycles. The minimum absolute atomic E-state index is 0.0447. The summed E-state index contributed by atoms with van der Waals surface area (Å²) in [4.78, 5) is 11.7. The SMILES string of the molecule is COc1ccc(CNc2nc(Cl)nc3c2ccn3[C@@H]2C[C@H](c3cccc(CN4CCC4)c3)[C@H]3OC(C)(C)O[C@H]32)cc1. The van der Waals surface area contributed by atoms with Crippen molar-refractivity contribution in [2.24, 2.45) is 0 Å². The van der Waals surface area contributed by atoms with E-state index in [1.807, 2.05) is 38.1 Å². The van der Waals surface area contributed by atoms with Crippen LogP contribution in [0.3, 0.4) is 0 Å². The van der Waals surface area contributed by atoms with Gasteiger partial charge < -0.3 is 24.1 Å². The summed E-state index contributed by atoms with van der Waals surface area (Å²) in [5, 5.41) is 4.60. The van der Waals surface area contributed by atoms with Crippen LogP contribution < -0.4 is 10.1 Å². The van der Waals surface area contributed by atoms with Crippen molar-refractivity contribution in [3.05, 3.63) is 82.8 Å². The molecule has 4 atom stereocenters. The Labute approximate surface area is 245 Å². The van der Waals surface area contributed by atoms with Gasteiger partial charge in [0.1, 0.15) is 23.3 Å². The molecule has 8 nitrogen and oxygen atoms in total. The van der Waals surface area contributed by atoms with E-state index in [2.05, 4.69) is 61.3 Å². The molecule has 0 bridgehead atoms. The number of likely N-dealkylation sites (tertiary alicyclic amines) is 1. The van der Waals surface area contributed by atoms with Crippen LogP contribution in [0.2, 0.25) is 5.28 Å². The highest BCUT2D eigenvalue weighted by molar-refractivity contribution is 6.28. The number of methoxy groups -OCH3 is 1. The van der Waals surface area contributed by atoms with E-state index in [1.54, 1.807) is 7.11 Å². The fraction of sp³-hybridized carbons (Fsp3) is 0.438. The molecule has 3 fully saturated rings. The van der Waals surface area contributed by atoms with E-state index in [9.17, 15) is 0 Å². The average molecular weight is 574 g/mol. The molecule has 2 aliphatic heterocycles. The van der Waals surface area contributed by atoms with Gasteiger partial charge in [-0.3, -0.25) is 4.90 Å². The number of hydrogen-bond donors (Lipinski definition) is 1. The maximum Gasteiger partial charge on any atom is 0.226 e. The Morgan fingerprint density at radius 1 is 1.02 bits per heavy atom. The zero-order valence-corrected chi connectivity index (χ0v) is 24.5. The molecule has 1 saturated carbocycles. The number of anilines is 1. The quantitative estimate of drug-likeness (QED) is 0.253. The van der Waals surface area contributed by atoms with Gasteiger partial charge in [-0.2, -0.15) is 4.98 Å². The summed E-state index contributed by atoms with van der Waals surface area (Å²) in [6.07, 6.45) is 4.13. The Bertz CT molecular complexity index is 1550.